The van der Waals surface area contributed by atoms with Crippen LogP contribution in [0.4, 0.5) is 4.39 Å². The van der Waals surface area contributed by atoms with E-state index < -0.39 is 0 Å². The van der Waals surface area contributed by atoms with E-state index in [0.29, 0.717) is 0 Å². The van der Waals surface area contributed by atoms with Crippen molar-refractivity contribution in [2.45, 2.75) is 26.3 Å². The Bertz CT molecular complexity index is 566. The van der Waals surface area contributed by atoms with E-state index in [-0.39, 0.29) is 11.9 Å². The van der Waals surface area contributed by atoms with E-state index in [1.807, 2.05) is 39.2 Å². The van der Waals surface area contributed by atoms with Gasteiger partial charge in [0.15, 0.2) is 0 Å². The lowest BCUT2D eigenvalue weighted by Crippen LogP contribution is -2.19. The predicted molar refractivity (Wildman–Crippen MR) is 75.6 cm³/mol. The van der Waals surface area contributed by atoms with E-state index in [4.69, 9.17) is 0 Å². The number of aromatic nitrogens is 1. The van der Waals surface area contributed by atoms with Crippen molar-refractivity contribution < 1.29 is 4.39 Å². The molecule has 1 aromatic carbocycles. The summed E-state index contributed by atoms with van der Waals surface area (Å²) in [6.07, 6.45) is 2.58. The van der Waals surface area contributed by atoms with Gasteiger partial charge >= 0.3 is 0 Å². The van der Waals surface area contributed by atoms with Crippen molar-refractivity contribution in [3.8, 4) is 0 Å². The predicted octanol–water partition coefficient (Wildman–Crippen LogP) is 3.34. The second-order valence-corrected chi connectivity index (χ2v) is 4.85. The van der Waals surface area contributed by atoms with Gasteiger partial charge in [0, 0.05) is 17.9 Å². The number of pyridine rings is 1. The van der Waals surface area contributed by atoms with Gasteiger partial charge in [0.25, 0.3) is 0 Å². The third kappa shape index (κ3) is 3.38. The van der Waals surface area contributed by atoms with Crippen molar-refractivity contribution in [2.24, 2.45) is 0 Å². The lowest BCUT2D eigenvalue weighted by atomic mass is 9.96. The summed E-state index contributed by atoms with van der Waals surface area (Å²) < 4.78 is 13.3. The van der Waals surface area contributed by atoms with E-state index in [9.17, 15) is 4.39 Å². The van der Waals surface area contributed by atoms with Gasteiger partial charge in [0.05, 0.1) is 0 Å². The minimum atomic E-state index is -0.179. The van der Waals surface area contributed by atoms with E-state index in [1.54, 1.807) is 6.07 Å². The molecule has 0 aliphatic heterocycles. The molecule has 0 saturated carbocycles. The molecule has 0 amide bonds. The van der Waals surface area contributed by atoms with Gasteiger partial charge < -0.3 is 5.32 Å². The molecule has 2 nitrogen and oxygen atoms in total. The quantitative estimate of drug-likeness (QED) is 0.909. The maximum Gasteiger partial charge on any atom is 0.123 e. The van der Waals surface area contributed by atoms with Crippen LogP contribution in [0, 0.1) is 19.7 Å². The molecule has 0 aliphatic rings. The van der Waals surface area contributed by atoms with Crippen molar-refractivity contribution in [2.75, 3.05) is 7.05 Å². The van der Waals surface area contributed by atoms with Gasteiger partial charge in [-0.15, -0.1) is 0 Å². The molecule has 0 aliphatic carbocycles. The van der Waals surface area contributed by atoms with Crippen molar-refractivity contribution in [3.63, 3.8) is 0 Å². The smallest absolute Gasteiger partial charge is 0.123 e. The van der Waals surface area contributed by atoms with Crippen molar-refractivity contribution in [1.29, 1.82) is 0 Å². The summed E-state index contributed by atoms with van der Waals surface area (Å²) in [5.74, 6) is -0.179. The van der Waals surface area contributed by atoms with Crippen LogP contribution in [-0.2, 0) is 6.42 Å². The SMILES string of the molecule is CNC(Cc1cc(F)ccc1C)c1ccnc(C)c1. The van der Waals surface area contributed by atoms with Gasteiger partial charge in [-0.3, -0.25) is 4.98 Å². The summed E-state index contributed by atoms with van der Waals surface area (Å²) in [6, 6.07) is 9.19. The summed E-state index contributed by atoms with van der Waals surface area (Å²) in [6.45, 7) is 3.99. The Hall–Kier alpha value is -1.74. The Kier molecular flexibility index (Phi) is 4.27. The maximum atomic E-state index is 13.3. The van der Waals surface area contributed by atoms with Crippen LogP contribution in [0.15, 0.2) is 36.5 Å². The molecule has 2 aromatic rings. The first-order chi connectivity index (χ1) is 9.10. The molecule has 19 heavy (non-hydrogen) atoms. The zero-order valence-electron chi connectivity index (χ0n) is 11.6. The van der Waals surface area contributed by atoms with E-state index >= 15 is 0 Å². The fraction of sp³-hybridized carbons (Fsp3) is 0.312. The molecule has 0 radical (unpaired) electrons. The molecular formula is C16H19FN2. The number of aryl methyl sites for hydroxylation is 2. The maximum absolute atomic E-state index is 13.3. The van der Waals surface area contributed by atoms with Gasteiger partial charge in [-0.25, -0.2) is 4.39 Å². The van der Waals surface area contributed by atoms with Crippen LogP contribution in [0.1, 0.15) is 28.4 Å². The van der Waals surface area contributed by atoms with Crippen LogP contribution in [0.5, 0.6) is 0 Å². The summed E-state index contributed by atoms with van der Waals surface area (Å²) in [7, 11) is 1.93. The number of rotatable bonds is 4. The first kappa shape index (κ1) is 13.7. The molecule has 0 bridgehead atoms. The van der Waals surface area contributed by atoms with Crippen LogP contribution in [-0.4, -0.2) is 12.0 Å². The molecule has 100 valence electrons. The summed E-state index contributed by atoms with van der Waals surface area (Å²) >= 11 is 0. The standard InChI is InChI=1S/C16H19FN2/c1-11-4-5-15(17)9-14(11)10-16(18-3)13-6-7-19-12(2)8-13/h4-9,16,18H,10H2,1-3H3. The summed E-state index contributed by atoms with van der Waals surface area (Å²) in [5, 5.41) is 3.29. The third-order valence-electron chi connectivity index (χ3n) is 3.41. The summed E-state index contributed by atoms with van der Waals surface area (Å²) in [4.78, 5) is 4.21. The Morgan fingerprint density at radius 2 is 2.00 bits per heavy atom. The highest BCUT2D eigenvalue weighted by atomic mass is 19.1. The normalized spacial score (nSPS) is 12.4. The Morgan fingerprint density at radius 1 is 1.21 bits per heavy atom. The highest BCUT2D eigenvalue weighted by Gasteiger charge is 2.12. The Labute approximate surface area is 113 Å². The molecule has 1 heterocycles. The molecular weight excluding hydrogens is 239 g/mol. The number of halogens is 1. The zero-order valence-corrected chi connectivity index (χ0v) is 11.6. The van der Waals surface area contributed by atoms with E-state index in [1.165, 1.54) is 11.6 Å². The van der Waals surface area contributed by atoms with Crippen LogP contribution >= 0.6 is 0 Å². The van der Waals surface area contributed by atoms with Crippen LogP contribution in [0.3, 0.4) is 0 Å². The van der Waals surface area contributed by atoms with Gasteiger partial charge in [-0.1, -0.05) is 6.07 Å². The molecule has 3 heteroatoms. The average molecular weight is 258 g/mol. The highest BCUT2D eigenvalue weighted by Crippen LogP contribution is 2.21. The third-order valence-corrected chi connectivity index (χ3v) is 3.41. The van der Waals surface area contributed by atoms with Crippen LogP contribution in [0.25, 0.3) is 0 Å². The van der Waals surface area contributed by atoms with Crippen LogP contribution in [0.2, 0.25) is 0 Å². The average Bonchev–Trinajstić information content (AvgIpc) is 2.39. The largest absolute Gasteiger partial charge is 0.313 e. The molecule has 0 spiro atoms. The van der Waals surface area contributed by atoms with E-state index in [2.05, 4.69) is 16.4 Å². The van der Waals surface area contributed by atoms with Crippen molar-refractivity contribution in [1.82, 2.24) is 10.3 Å². The van der Waals surface area contributed by atoms with Crippen LogP contribution < -0.4 is 5.32 Å². The van der Waals surface area contributed by atoms with Gasteiger partial charge in [0.1, 0.15) is 5.82 Å². The Balaban J connectivity index is 2.26. The molecule has 1 atom stereocenters. The fourth-order valence-corrected chi connectivity index (χ4v) is 2.25. The zero-order chi connectivity index (χ0) is 13.8. The summed E-state index contributed by atoms with van der Waals surface area (Å²) in [5.41, 5.74) is 4.33. The van der Waals surface area contributed by atoms with Crippen molar-refractivity contribution in [3.05, 3.63) is 64.7 Å². The Morgan fingerprint density at radius 3 is 2.68 bits per heavy atom. The lowest BCUT2D eigenvalue weighted by Gasteiger charge is -2.18. The molecule has 2 rings (SSSR count). The number of nitrogens with one attached hydrogen (secondary N) is 1. The topological polar surface area (TPSA) is 24.9 Å². The number of nitrogens with zero attached hydrogens (tertiary/aromatic N) is 1. The lowest BCUT2D eigenvalue weighted by molar-refractivity contribution is 0.581. The first-order valence-corrected chi connectivity index (χ1v) is 6.45. The number of hydrogen-bond acceptors (Lipinski definition) is 2. The fourth-order valence-electron chi connectivity index (χ4n) is 2.25. The molecule has 1 unspecified atom stereocenters. The van der Waals surface area contributed by atoms with Gasteiger partial charge in [-0.2, -0.15) is 0 Å². The molecule has 0 saturated heterocycles. The molecule has 0 fully saturated rings. The molecule has 1 N–H and O–H groups in total. The van der Waals surface area contributed by atoms with Gasteiger partial charge in [0.2, 0.25) is 0 Å². The van der Waals surface area contributed by atoms with E-state index in [0.717, 1.165) is 23.2 Å². The minimum Gasteiger partial charge on any atom is -0.313 e. The molecule has 1 aromatic heterocycles. The monoisotopic (exact) mass is 258 g/mol. The second-order valence-electron chi connectivity index (χ2n) is 4.85. The van der Waals surface area contributed by atoms with Gasteiger partial charge in [-0.05, 0) is 68.3 Å². The highest BCUT2D eigenvalue weighted by molar-refractivity contribution is 5.30. The first-order valence-electron chi connectivity index (χ1n) is 6.45. The number of likely N-dealkylation sites (N-methyl/N-ethyl adjacent to an activating group) is 1. The number of hydrogen-bond donors (Lipinski definition) is 1. The second kappa shape index (κ2) is 5.93. The minimum absolute atomic E-state index is 0.169. The van der Waals surface area contributed by atoms with Crippen molar-refractivity contribution >= 4 is 0 Å². The number of benzene rings is 1.